The van der Waals surface area contributed by atoms with Gasteiger partial charge in [0, 0.05) is 0 Å². The molecule has 0 saturated heterocycles. The van der Waals surface area contributed by atoms with Gasteiger partial charge in [-0.25, -0.2) is 13.2 Å². The lowest BCUT2D eigenvalue weighted by molar-refractivity contribution is -0.00373. The van der Waals surface area contributed by atoms with Gasteiger partial charge >= 0.3 is 5.97 Å². The number of esters is 1. The van der Waals surface area contributed by atoms with Crippen molar-refractivity contribution in [1.29, 1.82) is 0 Å². The van der Waals surface area contributed by atoms with E-state index in [1.807, 2.05) is 12.1 Å². The first-order valence-corrected chi connectivity index (χ1v) is 12.8. The molecule has 0 heterocycles. The number of ether oxygens (including phenoxy) is 1. The molecule has 4 saturated carbocycles. The standard InChI is InChI=1S/C23H23IO5S/c24-19-3-1-2-4-20(19)29-23(25)15-5-6-21(30(26,27)28)18(12-15)22-16-8-13-7-14(10-16)11-17(22)9-13/h1-6,12-14,16-17,22H,7-11H2,(H,26,27,28)/p-1. The van der Waals surface area contributed by atoms with Crippen LogP contribution in [0.4, 0.5) is 0 Å². The van der Waals surface area contributed by atoms with Gasteiger partial charge in [-0.3, -0.25) is 0 Å². The molecule has 0 spiro atoms. The average Bonchev–Trinajstić information content (AvgIpc) is 2.68. The zero-order chi connectivity index (χ0) is 21.0. The highest BCUT2D eigenvalue weighted by Gasteiger charge is 2.49. The van der Waals surface area contributed by atoms with Crippen LogP contribution in [0.5, 0.6) is 5.75 Å². The number of para-hydroxylation sites is 1. The van der Waals surface area contributed by atoms with E-state index < -0.39 is 16.1 Å². The summed E-state index contributed by atoms with van der Waals surface area (Å²) in [7, 11) is -4.63. The highest BCUT2D eigenvalue weighted by Crippen LogP contribution is 2.60. The van der Waals surface area contributed by atoms with E-state index in [9.17, 15) is 17.8 Å². The van der Waals surface area contributed by atoms with Crippen molar-refractivity contribution in [3.05, 3.63) is 57.2 Å². The molecule has 158 valence electrons. The molecule has 4 fully saturated rings. The fraction of sp³-hybridized carbons (Fsp3) is 0.435. The first-order valence-electron chi connectivity index (χ1n) is 10.4. The van der Waals surface area contributed by atoms with E-state index in [0.717, 1.165) is 41.1 Å². The van der Waals surface area contributed by atoms with E-state index in [1.165, 1.54) is 18.6 Å². The van der Waals surface area contributed by atoms with Crippen molar-refractivity contribution >= 4 is 38.7 Å². The van der Waals surface area contributed by atoms with Crippen molar-refractivity contribution in [2.45, 2.75) is 42.9 Å². The monoisotopic (exact) mass is 537 g/mol. The van der Waals surface area contributed by atoms with Crippen LogP contribution in [-0.2, 0) is 10.1 Å². The Labute approximate surface area is 190 Å². The summed E-state index contributed by atoms with van der Waals surface area (Å²) in [4.78, 5) is 12.6. The van der Waals surface area contributed by atoms with Crippen LogP contribution < -0.4 is 4.74 Å². The maximum absolute atomic E-state index is 12.8. The smallest absolute Gasteiger partial charge is 0.343 e. The zero-order valence-electron chi connectivity index (χ0n) is 16.3. The Morgan fingerprint density at radius 3 is 2.20 bits per heavy atom. The van der Waals surface area contributed by atoms with E-state index >= 15 is 0 Å². The van der Waals surface area contributed by atoms with Crippen LogP contribution in [0, 0.1) is 27.2 Å². The fourth-order valence-corrected chi connectivity index (χ4v) is 7.50. The van der Waals surface area contributed by atoms with Gasteiger partial charge in [-0.05, 0) is 120 Å². The molecule has 0 amide bonds. The molecule has 0 N–H and O–H groups in total. The van der Waals surface area contributed by atoms with Crippen molar-refractivity contribution in [2.24, 2.45) is 23.7 Å². The molecule has 4 aliphatic rings. The maximum atomic E-state index is 12.8. The van der Waals surface area contributed by atoms with E-state index in [4.69, 9.17) is 4.74 Å². The molecule has 4 aliphatic carbocycles. The molecule has 4 bridgehead atoms. The van der Waals surface area contributed by atoms with Crippen molar-refractivity contribution in [3.63, 3.8) is 0 Å². The molecule has 0 unspecified atom stereocenters. The van der Waals surface area contributed by atoms with Gasteiger partial charge in [-0.15, -0.1) is 0 Å². The van der Waals surface area contributed by atoms with Crippen LogP contribution in [0.1, 0.15) is 53.9 Å². The Hall–Kier alpha value is -1.45. The summed E-state index contributed by atoms with van der Waals surface area (Å²) < 4.78 is 42.5. The molecule has 0 aromatic heterocycles. The second kappa shape index (κ2) is 7.60. The van der Waals surface area contributed by atoms with Gasteiger partial charge in [0.05, 0.1) is 14.0 Å². The van der Waals surface area contributed by atoms with E-state index in [2.05, 4.69) is 22.6 Å². The predicted octanol–water partition coefficient (Wildman–Crippen LogP) is 4.95. The van der Waals surface area contributed by atoms with Crippen LogP contribution >= 0.6 is 22.6 Å². The molecule has 2 aromatic carbocycles. The molecule has 30 heavy (non-hydrogen) atoms. The minimum atomic E-state index is -4.63. The fourth-order valence-electron chi connectivity index (χ4n) is 6.28. The summed E-state index contributed by atoms with van der Waals surface area (Å²) >= 11 is 2.10. The number of hydrogen-bond donors (Lipinski definition) is 0. The molecule has 0 aliphatic heterocycles. The highest BCUT2D eigenvalue weighted by atomic mass is 127. The summed E-state index contributed by atoms with van der Waals surface area (Å²) in [6.45, 7) is 0. The first kappa shape index (κ1) is 20.5. The third-order valence-electron chi connectivity index (χ3n) is 7.14. The summed E-state index contributed by atoms with van der Waals surface area (Å²) in [6, 6.07) is 11.5. The van der Waals surface area contributed by atoms with Crippen LogP contribution in [-0.4, -0.2) is 18.9 Å². The first-order chi connectivity index (χ1) is 14.3. The van der Waals surface area contributed by atoms with Crippen LogP contribution in [0.2, 0.25) is 0 Å². The third-order valence-corrected chi connectivity index (χ3v) is 8.94. The lowest BCUT2D eigenvalue weighted by Crippen LogP contribution is -2.44. The number of halogens is 1. The number of hydrogen-bond acceptors (Lipinski definition) is 5. The number of carbonyl (C=O) groups is 1. The Morgan fingerprint density at radius 2 is 1.60 bits per heavy atom. The Bertz CT molecular complexity index is 1080. The van der Waals surface area contributed by atoms with E-state index in [1.54, 1.807) is 18.2 Å². The Morgan fingerprint density at radius 1 is 0.967 bits per heavy atom. The Balaban J connectivity index is 1.53. The number of carbonyl (C=O) groups excluding carboxylic acids is 1. The third kappa shape index (κ3) is 3.69. The normalized spacial score (nSPS) is 29.7. The zero-order valence-corrected chi connectivity index (χ0v) is 19.3. The van der Waals surface area contributed by atoms with Gasteiger partial charge in [0.15, 0.2) is 0 Å². The van der Waals surface area contributed by atoms with Gasteiger partial charge in [0.1, 0.15) is 15.9 Å². The molecule has 0 radical (unpaired) electrons. The van der Waals surface area contributed by atoms with Gasteiger partial charge in [-0.1, -0.05) is 12.1 Å². The van der Waals surface area contributed by atoms with E-state index in [0.29, 0.717) is 23.1 Å². The predicted molar refractivity (Wildman–Crippen MR) is 118 cm³/mol. The topological polar surface area (TPSA) is 83.5 Å². The second-order valence-corrected chi connectivity index (χ2v) is 11.5. The molecule has 5 nitrogen and oxygen atoms in total. The van der Waals surface area contributed by atoms with Gasteiger partial charge in [-0.2, -0.15) is 0 Å². The quantitative estimate of drug-likeness (QED) is 0.239. The second-order valence-electron chi connectivity index (χ2n) is 8.98. The lowest BCUT2D eigenvalue weighted by Gasteiger charge is -2.55. The van der Waals surface area contributed by atoms with Crippen molar-refractivity contribution < 1.29 is 22.5 Å². The summed E-state index contributed by atoms with van der Waals surface area (Å²) in [5, 5.41) is 0. The summed E-state index contributed by atoms with van der Waals surface area (Å²) in [6.07, 6.45) is 5.65. The summed E-state index contributed by atoms with van der Waals surface area (Å²) in [5.41, 5.74) is 0.807. The highest BCUT2D eigenvalue weighted by molar-refractivity contribution is 14.1. The molecular formula is C23H22IO5S-. The molecule has 7 heteroatoms. The van der Waals surface area contributed by atoms with Gasteiger partial charge < -0.3 is 9.29 Å². The minimum Gasteiger partial charge on any atom is -0.744 e. The Kier molecular flexibility index (Phi) is 5.18. The molecule has 0 atom stereocenters. The SMILES string of the molecule is O=C(Oc1ccccc1I)c1ccc(S(=O)(=O)[O-])c(C2C3CC4CC(C3)CC2C4)c1. The molecule has 6 rings (SSSR count). The van der Waals surface area contributed by atoms with Crippen molar-refractivity contribution in [1.82, 2.24) is 0 Å². The van der Waals surface area contributed by atoms with Crippen LogP contribution in [0.25, 0.3) is 0 Å². The van der Waals surface area contributed by atoms with E-state index in [-0.39, 0.29) is 16.4 Å². The number of rotatable bonds is 4. The van der Waals surface area contributed by atoms with Crippen molar-refractivity contribution in [3.8, 4) is 5.75 Å². The van der Waals surface area contributed by atoms with Crippen molar-refractivity contribution in [2.75, 3.05) is 0 Å². The average molecular weight is 537 g/mol. The minimum absolute atomic E-state index is 0.0288. The molecule has 2 aromatic rings. The number of benzene rings is 2. The van der Waals surface area contributed by atoms with Crippen LogP contribution in [0.3, 0.4) is 0 Å². The van der Waals surface area contributed by atoms with Gasteiger partial charge in [0.2, 0.25) is 0 Å². The molecular weight excluding hydrogens is 515 g/mol. The maximum Gasteiger partial charge on any atom is 0.343 e. The lowest BCUT2D eigenvalue weighted by atomic mass is 9.50. The van der Waals surface area contributed by atoms with Crippen LogP contribution in [0.15, 0.2) is 47.4 Å². The van der Waals surface area contributed by atoms with Gasteiger partial charge in [0.25, 0.3) is 0 Å². The largest absolute Gasteiger partial charge is 0.744 e. The summed E-state index contributed by atoms with van der Waals surface area (Å²) in [5.74, 6) is 2.18.